The fraction of sp³-hybridized carbons (Fsp3) is 0.222. The van der Waals surface area contributed by atoms with Gasteiger partial charge in [0.15, 0.2) is 0 Å². The van der Waals surface area contributed by atoms with E-state index in [2.05, 4.69) is 10.9 Å². The molecule has 0 fully saturated rings. The number of thioether (sulfide) groups is 1. The summed E-state index contributed by atoms with van der Waals surface area (Å²) in [6, 6.07) is 14.2. The molecule has 7 heteroatoms. The van der Waals surface area contributed by atoms with Crippen LogP contribution >= 0.6 is 23.4 Å². The average molecular weight is 379 g/mol. The van der Waals surface area contributed by atoms with E-state index in [0.29, 0.717) is 28.7 Å². The summed E-state index contributed by atoms with van der Waals surface area (Å²) in [6.45, 7) is 2.45. The third-order valence-corrected chi connectivity index (χ3v) is 4.54. The molecule has 0 spiro atoms. The van der Waals surface area contributed by atoms with E-state index in [1.165, 1.54) is 11.8 Å². The Morgan fingerprint density at radius 1 is 1.08 bits per heavy atom. The number of benzene rings is 2. The highest BCUT2D eigenvalue weighted by atomic mass is 35.5. The van der Waals surface area contributed by atoms with Gasteiger partial charge in [0.2, 0.25) is 5.91 Å². The van der Waals surface area contributed by atoms with Crippen molar-refractivity contribution in [1.29, 1.82) is 0 Å². The van der Waals surface area contributed by atoms with Crippen LogP contribution < -0.4 is 15.6 Å². The Balaban J connectivity index is 1.72. The lowest BCUT2D eigenvalue weighted by molar-refractivity contribution is -0.119. The number of hydrazine groups is 1. The number of rotatable bonds is 7. The molecule has 0 atom stereocenters. The molecular weight excluding hydrogens is 360 g/mol. The zero-order chi connectivity index (χ0) is 18.1. The number of carbonyl (C=O) groups is 2. The number of ether oxygens (including phenoxy) is 1. The van der Waals surface area contributed by atoms with Gasteiger partial charge in [-0.2, -0.15) is 0 Å². The van der Waals surface area contributed by atoms with E-state index in [1.54, 1.807) is 24.3 Å². The van der Waals surface area contributed by atoms with Crippen molar-refractivity contribution in [2.75, 3.05) is 12.4 Å². The fourth-order valence-electron chi connectivity index (χ4n) is 1.97. The summed E-state index contributed by atoms with van der Waals surface area (Å²) in [5, 5.41) is 0.680. The topological polar surface area (TPSA) is 67.4 Å². The van der Waals surface area contributed by atoms with Crippen LogP contribution in [-0.4, -0.2) is 24.2 Å². The van der Waals surface area contributed by atoms with Crippen LogP contribution in [-0.2, 0) is 10.5 Å². The van der Waals surface area contributed by atoms with Gasteiger partial charge in [0.25, 0.3) is 5.91 Å². The minimum absolute atomic E-state index is 0.217. The molecule has 0 heterocycles. The third-order valence-electron chi connectivity index (χ3n) is 3.19. The molecule has 2 rings (SSSR count). The summed E-state index contributed by atoms with van der Waals surface area (Å²) in [5.41, 5.74) is 6.20. The first-order valence-corrected chi connectivity index (χ1v) is 9.26. The lowest BCUT2D eigenvalue weighted by Crippen LogP contribution is -2.42. The van der Waals surface area contributed by atoms with Crippen LogP contribution in [0.2, 0.25) is 5.02 Å². The van der Waals surface area contributed by atoms with E-state index in [9.17, 15) is 9.59 Å². The number of amides is 2. The highest BCUT2D eigenvalue weighted by molar-refractivity contribution is 7.99. The molecule has 0 aliphatic carbocycles. The van der Waals surface area contributed by atoms with Crippen molar-refractivity contribution in [3.63, 3.8) is 0 Å². The SMILES string of the molecule is CCOc1ccc(C(=O)NNC(=O)CSCc2ccccc2Cl)cc1. The molecule has 25 heavy (non-hydrogen) atoms. The summed E-state index contributed by atoms with van der Waals surface area (Å²) in [7, 11) is 0. The molecule has 2 N–H and O–H groups in total. The average Bonchev–Trinajstić information content (AvgIpc) is 2.62. The second-order valence-electron chi connectivity index (χ2n) is 5.04. The smallest absolute Gasteiger partial charge is 0.269 e. The molecule has 5 nitrogen and oxygen atoms in total. The predicted octanol–water partition coefficient (Wildman–Crippen LogP) is 3.43. The van der Waals surface area contributed by atoms with Crippen LogP contribution in [0.5, 0.6) is 5.75 Å². The lowest BCUT2D eigenvalue weighted by atomic mass is 10.2. The van der Waals surface area contributed by atoms with Crippen molar-refractivity contribution < 1.29 is 14.3 Å². The number of nitrogens with one attached hydrogen (secondary N) is 2. The standard InChI is InChI=1S/C18H19ClN2O3S/c1-2-24-15-9-7-13(8-10-15)18(23)21-20-17(22)12-25-11-14-5-3-4-6-16(14)19/h3-10H,2,11-12H2,1H3,(H,20,22)(H,21,23). The molecule has 2 aromatic carbocycles. The largest absolute Gasteiger partial charge is 0.494 e. The van der Waals surface area contributed by atoms with Crippen molar-refractivity contribution in [3.05, 3.63) is 64.7 Å². The molecule has 2 amide bonds. The Kier molecular flexibility index (Phi) is 7.63. The highest BCUT2D eigenvalue weighted by Gasteiger charge is 2.08. The fourth-order valence-corrected chi connectivity index (χ4v) is 3.09. The predicted molar refractivity (Wildman–Crippen MR) is 101 cm³/mol. The van der Waals surface area contributed by atoms with Gasteiger partial charge in [-0.05, 0) is 42.8 Å². The molecule has 0 saturated carbocycles. The van der Waals surface area contributed by atoms with Gasteiger partial charge in [-0.3, -0.25) is 20.4 Å². The minimum Gasteiger partial charge on any atom is -0.494 e. The molecular formula is C18H19ClN2O3S. The number of carbonyl (C=O) groups excluding carboxylic acids is 2. The summed E-state index contributed by atoms with van der Waals surface area (Å²) in [6.07, 6.45) is 0. The van der Waals surface area contributed by atoms with Gasteiger partial charge < -0.3 is 4.74 Å². The monoisotopic (exact) mass is 378 g/mol. The molecule has 0 bridgehead atoms. The van der Waals surface area contributed by atoms with Crippen molar-refractivity contribution in [1.82, 2.24) is 10.9 Å². The van der Waals surface area contributed by atoms with Gasteiger partial charge in [-0.25, -0.2) is 0 Å². The van der Waals surface area contributed by atoms with E-state index >= 15 is 0 Å². The van der Waals surface area contributed by atoms with Gasteiger partial charge in [0.05, 0.1) is 12.4 Å². The molecule has 0 aliphatic rings. The van der Waals surface area contributed by atoms with Crippen LogP contribution in [0.25, 0.3) is 0 Å². The summed E-state index contributed by atoms with van der Waals surface area (Å²) >= 11 is 7.48. The van der Waals surface area contributed by atoms with Crippen LogP contribution in [0.15, 0.2) is 48.5 Å². The summed E-state index contributed by atoms with van der Waals surface area (Å²) < 4.78 is 5.31. The molecule has 0 aliphatic heterocycles. The first-order chi connectivity index (χ1) is 12.1. The van der Waals surface area contributed by atoms with E-state index in [4.69, 9.17) is 16.3 Å². The number of hydrogen-bond acceptors (Lipinski definition) is 4. The van der Waals surface area contributed by atoms with Crippen molar-refractivity contribution in [2.45, 2.75) is 12.7 Å². The van der Waals surface area contributed by atoms with Gasteiger partial charge in [-0.15, -0.1) is 11.8 Å². The van der Waals surface area contributed by atoms with Crippen LogP contribution in [0.4, 0.5) is 0 Å². The molecule has 0 unspecified atom stereocenters. The first-order valence-electron chi connectivity index (χ1n) is 7.73. The maximum Gasteiger partial charge on any atom is 0.269 e. The van der Waals surface area contributed by atoms with Crippen LogP contribution in [0.3, 0.4) is 0 Å². The number of hydrogen-bond donors (Lipinski definition) is 2. The Labute approximate surface area is 156 Å². The Morgan fingerprint density at radius 2 is 1.80 bits per heavy atom. The Bertz CT molecular complexity index is 723. The third kappa shape index (κ3) is 6.32. The minimum atomic E-state index is -0.382. The highest BCUT2D eigenvalue weighted by Crippen LogP contribution is 2.20. The summed E-state index contributed by atoms with van der Waals surface area (Å²) in [5.74, 6) is 0.872. The van der Waals surface area contributed by atoms with Crippen molar-refractivity contribution >= 4 is 35.2 Å². The quantitative estimate of drug-likeness (QED) is 0.724. The second-order valence-corrected chi connectivity index (χ2v) is 6.44. The van der Waals surface area contributed by atoms with Crippen molar-refractivity contribution in [2.24, 2.45) is 0 Å². The zero-order valence-electron chi connectivity index (χ0n) is 13.8. The van der Waals surface area contributed by atoms with Gasteiger partial charge in [0, 0.05) is 16.3 Å². The number of halogens is 1. The zero-order valence-corrected chi connectivity index (χ0v) is 15.3. The normalized spacial score (nSPS) is 10.2. The van der Waals surface area contributed by atoms with E-state index in [-0.39, 0.29) is 17.6 Å². The second kappa shape index (κ2) is 9.96. The molecule has 0 radical (unpaired) electrons. The van der Waals surface area contributed by atoms with E-state index in [1.807, 2.05) is 31.2 Å². The Hall–Kier alpha value is -2.18. The lowest BCUT2D eigenvalue weighted by Gasteiger charge is -2.08. The molecule has 2 aromatic rings. The van der Waals surface area contributed by atoms with Gasteiger partial charge in [0.1, 0.15) is 5.75 Å². The van der Waals surface area contributed by atoms with Crippen molar-refractivity contribution in [3.8, 4) is 5.75 Å². The molecule has 0 saturated heterocycles. The van der Waals surface area contributed by atoms with Gasteiger partial charge >= 0.3 is 0 Å². The first kappa shape index (κ1) is 19.1. The van der Waals surface area contributed by atoms with Gasteiger partial charge in [-0.1, -0.05) is 29.8 Å². The maximum atomic E-state index is 12.0. The van der Waals surface area contributed by atoms with Crippen LogP contribution in [0.1, 0.15) is 22.8 Å². The molecule has 0 aromatic heterocycles. The van der Waals surface area contributed by atoms with Crippen LogP contribution in [0, 0.1) is 0 Å². The molecule has 132 valence electrons. The maximum absolute atomic E-state index is 12.0. The van der Waals surface area contributed by atoms with E-state index < -0.39 is 0 Å². The summed E-state index contributed by atoms with van der Waals surface area (Å²) in [4.78, 5) is 23.8. The Morgan fingerprint density at radius 3 is 2.48 bits per heavy atom. The van der Waals surface area contributed by atoms with E-state index in [0.717, 1.165) is 5.56 Å².